The molecule has 2 fully saturated rings. The van der Waals surface area contributed by atoms with Crippen LogP contribution in [0.2, 0.25) is 0 Å². The van der Waals surface area contributed by atoms with Gasteiger partial charge in [-0.2, -0.15) is 0 Å². The lowest BCUT2D eigenvalue weighted by atomic mass is 9.87. The first-order chi connectivity index (χ1) is 10.6. The molecule has 1 amide bonds. The van der Waals surface area contributed by atoms with Crippen molar-refractivity contribution >= 4 is 5.91 Å². The van der Waals surface area contributed by atoms with Crippen molar-refractivity contribution in [2.75, 3.05) is 32.7 Å². The minimum Gasteiger partial charge on any atom is -0.339 e. The van der Waals surface area contributed by atoms with Crippen LogP contribution in [0.4, 0.5) is 0 Å². The average Bonchev–Trinajstić information content (AvgIpc) is 2.53. The normalized spacial score (nSPS) is 21.7. The first kappa shape index (κ1) is 17.5. The molecule has 0 aromatic heterocycles. The fraction of sp³-hybridized carbons (Fsp3) is 0.842. The van der Waals surface area contributed by atoms with Gasteiger partial charge in [-0.1, -0.05) is 31.4 Å². The highest BCUT2D eigenvalue weighted by molar-refractivity contribution is 5.79. The van der Waals surface area contributed by atoms with E-state index < -0.39 is 0 Å². The highest BCUT2D eigenvalue weighted by Crippen LogP contribution is 2.27. The maximum absolute atomic E-state index is 12.6. The van der Waals surface area contributed by atoms with E-state index in [0.29, 0.717) is 5.91 Å². The molecule has 126 valence electrons. The third kappa shape index (κ3) is 5.12. The van der Waals surface area contributed by atoms with Crippen LogP contribution in [-0.4, -0.2) is 48.4 Å². The Morgan fingerprint density at radius 3 is 2.32 bits per heavy atom. The number of amides is 1. The molecule has 0 aromatic rings. The van der Waals surface area contributed by atoms with Crippen molar-refractivity contribution in [2.45, 2.75) is 58.8 Å². The van der Waals surface area contributed by atoms with Crippen LogP contribution in [0, 0.1) is 11.8 Å². The second kappa shape index (κ2) is 8.71. The minimum atomic E-state index is 0.238. The molecule has 1 aliphatic carbocycles. The van der Waals surface area contributed by atoms with E-state index in [1.165, 1.54) is 38.6 Å². The number of carbonyl (C=O) groups is 1. The smallest absolute Gasteiger partial charge is 0.226 e. The number of rotatable bonds is 6. The number of carbonyl (C=O) groups excluding carboxylic acids is 1. The van der Waals surface area contributed by atoms with Crippen LogP contribution >= 0.6 is 0 Å². The van der Waals surface area contributed by atoms with E-state index in [0.717, 1.165) is 50.5 Å². The Bertz CT molecular complexity index is 366. The molecular formula is C19H34N2O. The summed E-state index contributed by atoms with van der Waals surface area (Å²) < 4.78 is 0. The molecule has 0 radical (unpaired) electrons. The topological polar surface area (TPSA) is 23.6 Å². The predicted molar refractivity (Wildman–Crippen MR) is 92.8 cm³/mol. The summed E-state index contributed by atoms with van der Waals surface area (Å²) >= 11 is 0. The molecule has 1 heterocycles. The zero-order valence-corrected chi connectivity index (χ0v) is 14.6. The molecule has 3 heteroatoms. The largest absolute Gasteiger partial charge is 0.339 e. The molecule has 0 atom stereocenters. The number of likely N-dealkylation sites (N-methyl/N-ethyl adjacent to an activating group) is 1. The zero-order valence-electron chi connectivity index (χ0n) is 14.6. The van der Waals surface area contributed by atoms with Crippen LogP contribution in [0.3, 0.4) is 0 Å². The van der Waals surface area contributed by atoms with Gasteiger partial charge >= 0.3 is 0 Å². The van der Waals surface area contributed by atoms with Crippen molar-refractivity contribution in [1.29, 1.82) is 0 Å². The SMILES string of the molecule is C=C(C)CN(CC)C(=O)C1CCN(CC2CCCCC2)CC1. The van der Waals surface area contributed by atoms with Gasteiger partial charge < -0.3 is 9.80 Å². The number of nitrogens with zero attached hydrogens (tertiary/aromatic N) is 2. The van der Waals surface area contributed by atoms with E-state index in [1.54, 1.807) is 0 Å². The molecule has 3 nitrogen and oxygen atoms in total. The van der Waals surface area contributed by atoms with Crippen molar-refractivity contribution in [1.82, 2.24) is 9.80 Å². The molecule has 2 rings (SSSR count). The van der Waals surface area contributed by atoms with E-state index in [4.69, 9.17) is 0 Å². The van der Waals surface area contributed by atoms with Crippen molar-refractivity contribution in [3.63, 3.8) is 0 Å². The minimum absolute atomic E-state index is 0.238. The lowest BCUT2D eigenvalue weighted by Crippen LogP contribution is -2.44. The van der Waals surface area contributed by atoms with Crippen LogP contribution in [0.5, 0.6) is 0 Å². The van der Waals surface area contributed by atoms with Crippen LogP contribution in [0.15, 0.2) is 12.2 Å². The molecule has 1 aliphatic heterocycles. The van der Waals surface area contributed by atoms with E-state index in [1.807, 2.05) is 11.8 Å². The number of piperidine rings is 1. The monoisotopic (exact) mass is 306 g/mol. The quantitative estimate of drug-likeness (QED) is 0.699. The van der Waals surface area contributed by atoms with Crippen molar-refractivity contribution in [3.05, 3.63) is 12.2 Å². The van der Waals surface area contributed by atoms with Gasteiger partial charge in [0.05, 0.1) is 0 Å². The Hall–Kier alpha value is -0.830. The zero-order chi connectivity index (χ0) is 15.9. The van der Waals surface area contributed by atoms with Crippen molar-refractivity contribution in [2.24, 2.45) is 11.8 Å². The molecular weight excluding hydrogens is 272 g/mol. The van der Waals surface area contributed by atoms with E-state index in [9.17, 15) is 4.79 Å². The Morgan fingerprint density at radius 2 is 1.77 bits per heavy atom. The van der Waals surface area contributed by atoms with E-state index >= 15 is 0 Å². The van der Waals surface area contributed by atoms with Crippen LogP contribution in [0.25, 0.3) is 0 Å². The fourth-order valence-electron chi connectivity index (χ4n) is 4.03. The molecule has 1 saturated carbocycles. The third-order valence-electron chi connectivity index (χ3n) is 5.33. The summed E-state index contributed by atoms with van der Waals surface area (Å²) in [5.41, 5.74) is 1.07. The molecule has 2 aliphatic rings. The van der Waals surface area contributed by atoms with E-state index in [2.05, 4.69) is 18.4 Å². The average molecular weight is 306 g/mol. The van der Waals surface area contributed by atoms with Gasteiger partial charge in [-0.25, -0.2) is 0 Å². The lowest BCUT2D eigenvalue weighted by Gasteiger charge is -2.36. The second-order valence-corrected chi connectivity index (χ2v) is 7.39. The van der Waals surface area contributed by atoms with Gasteiger partial charge in [-0.3, -0.25) is 4.79 Å². The number of hydrogen-bond acceptors (Lipinski definition) is 2. The van der Waals surface area contributed by atoms with Gasteiger partial charge in [0, 0.05) is 25.6 Å². The molecule has 1 saturated heterocycles. The summed E-state index contributed by atoms with van der Waals surface area (Å²) in [6.45, 7) is 13.0. The van der Waals surface area contributed by atoms with Crippen LogP contribution < -0.4 is 0 Å². The fourth-order valence-corrected chi connectivity index (χ4v) is 4.03. The van der Waals surface area contributed by atoms with Gasteiger partial charge in [-0.05, 0) is 58.5 Å². The van der Waals surface area contributed by atoms with Crippen LogP contribution in [0.1, 0.15) is 58.8 Å². The predicted octanol–water partition coefficient (Wildman–Crippen LogP) is 3.70. The molecule has 22 heavy (non-hydrogen) atoms. The summed E-state index contributed by atoms with van der Waals surface area (Å²) in [6, 6.07) is 0. The number of likely N-dealkylation sites (tertiary alicyclic amines) is 1. The summed E-state index contributed by atoms with van der Waals surface area (Å²) in [7, 11) is 0. The van der Waals surface area contributed by atoms with Gasteiger partial charge in [0.2, 0.25) is 5.91 Å². The Labute approximate surface area is 136 Å². The van der Waals surface area contributed by atoms with Gasteiger partial charge in [0.1, 0.15) is 0 Å². The lowest BCUT2D eigenvalue weighted by molar-refractivity contribution is -0.136. The third-order valence-corrected chi connectivity index (χ3v) is 5.33. The summed E-state index contributed by atoms with van der Waals surface area (Å²) in [6.07, 6.45) is 9.19. The van der Waals surface area contributed by atoms with Gasteiger partial charge in [0.25, 0.3) is 0 Å². The van der Waals surface area contributed by atoms with Crippen LogP contribution in [-0.2, 0) is 4.79 Å². The summed E-state index contributed by atoms with van der Waals surface area (Å²) in [5.74, 6) is 1.50. The molecule has 0 N–H and O–H groups in total. The molecule has 0 bridgehead atoms. The van der Waals surface area contributed by atoms with Crippen molar-refractivity contribution in [3.8, 4) is 0 Å². The van der Waals surface area contributed by atoms with Gasteiger partial charge in [-0.15, -0.1) is 0 Å². The Kier molecular flexibility index (Phi) is 6.94. The highest BCUT2D eigenvalue weighted by atomic mass is 16.2. The van der Waals surface area contributed by atoms with Crippen molar-refractivity contribution < 1.29 is 4.79 Å². The maximum Gasteiger partial charge on any atom is 0.226 e. The summed E-state index contributed by atoms with van der Waals surface area (Å²) in [5, 5.41) is 0. The molecule has 0 spiro atoms. The van der Waals surface area contributed by atoms with Gasteiger partial charge in [0.15, 0.2) is 0 Å². The summed E-state index contributed by atoms with van der Waals surface area (Å²) in [4.78, 5) is 17.2. The standard InChI is InChI=1S/C19H34N2O/c1-4-21(14-16(2)3)19(22)18-10-12-20(13-11-18)15-17-8-6-5-7-9-17/h17-18H,2,4-15H2,1,3H3. The first-order valence-corrected chi connectivity index (χ1v) is 9.25. The molecule has 0 aromatic carbocycles. The Balaban J connectivity index is 1.75. The molecule has 0 unspecified atom stereocenters. The first-order valence-electron chi connectivity index (χ1n) is 9.25. The maximum atomic E-state index is 12.6. The van der Waals surface area contributed by atoms with E-state index in [-0.39, 0.29) is 5.92 Å². The Morgan fingerprint density at radius 1 is 1.14 bits per heavy atom. The highest BCUT2D eigenvalue weighted by Gasteiger charge is 2.29. The number of hydrogen-bond donors (Lipinski definition) is 0. The second-order valence-electron chi connectivity index (χ2n) is 7.39.